The van der Waals surface area contributed by atoms with Crippen molar-refractivity contribution in [3.05, 3.63) is 0 Å². The molecule has 109 valence electrons. The molecule has 3 radical (unpaired) electrons. The van der Waals surface area contributed by atoms with Crippen molar-refractivity contribution in [2.24, 2.45) is 0 Å². The summed E-state index contributed by atoms with van der Waals surface area (Å²) in [7, 11) is 0. The summed E-state index contributed by atoms with van der Waals surface area (Å²) in [6.45, 7) is 0. The largest absolute Gasteiger partial charge is 2.00 e. The molecule has 0 aliphatic carbocycles. The van der Waals surface area contributed by atoms with Gasteiger partial charge in [0.2, 0.25) is 0 Å². The van der Waals surface area contributed by atoms with E-state index in [9.17, 15) is 0 Å². The third kappa shape index (κ3) is 382. The van der Waals surface area contributed by atoms with Crippen LogP contribution in [0, 0.1) is 0 Å². The van der Waals surface area contributed by atoms with Crippen LogP contribution in [0.3, 0.4) is 0 Å². The van der Waals surface area contributed by atoms with E-state index < -0.39 is 0 Å². The van der Waals surface area contributed by atoms with Gasteiger partial charge in [0.15, 0.2) is 0 Å². The molecule has 0 amide bonds. The zero-order valence-electron chi connectivity index (χ0n) is 5.37. The third-order valence-electron chi connectivity index (χ3n) is 0. The first kappa shape index (κ1) is 571. The molecule has 0 aliphatic heterocycles. The van der Waals surface area contributed by atoms with E-state index in [4.69, 9.17) is 0 Å². The summed E-state index contributed by atoms with van der Waals surface area (Å²) < 4.78 is 0. The fourth-order valence-electron chi connectivity index (χ4n) is 0. The van der Waals surface area contributed by atoms with Gasteiger partial charge in [-0.05, 0) is 0 Å². The standard InChI is InChI=1S/3Co.3Ni.4H2O.4O/h;;;;;;4*1H2;;;;/q6*+2;;;;;4*-2/p-4. The molecule has 0 aromatic rings. The van der Waals surface area contributed by atoms with E-state index in [0.29, 0.717) is 0 Å². The zero-order chi connectivity index (χ0) is 0. The number of hydrogen-bond donors (Lipinski definition) is 0. The van der Waals surface area contributed by atoms with Gasteiger partial charge in [-0.2, -0.15) is 0 Å². The van der Waals surface area contributed by atoms with Crippen molar-refractivity contribution >= 4 is 0 Å². The van der Waals surface area contributed by atoms with Crippen molar-refractivity contribution in [1.29, 1.82) is 0 Å². The Balaban J connectivity index is 0. The average Bonchev–Trinajstić information content (AvgIpc) is 0. The van der Waals surface area contributed by atoms with Gasteiger partial charge in [0.05, 0.1) is 0 Å². The smallest absolute Gasteiger partial charge is 2.00 e. The van der Waals surface area contributed by atoms with E-state index in [1.54, 1.807) is 0 Å². The van der Waals surface area contributed by atoms with Gasteiger partial charge in [0, 0.05) is 0 Å². The van der Waals surface area contributed by atoms with Crippen molar-refractivity contribution < 1.29 is 144 Å². The summed E-state index contributed by atoms with van der Waals surface area (Å²) in [5, 5.41) is 0. The monoisotopic (exact) mass is 483 g/mol. The topological polar surface area (TPSA) is 234 Å². The molecule has 14 heavy (non-hydrogen) atoms. The van der Waals surface area contributed by atoms with Crippen LogP contribution in [0.5, 0.6) is 0 Å². The minimum absolute atomic E-state index is 0. The normalized spacial score (nSPS) is 0. The Kier molecular flexibility index (Phi) is 19200. The van der Waals surface area contributed by atoms with E-state index in [-0.39, 0.29) is 144 Å². The summed E-state index contributed by atoms with van der Waals surface area (Å²) in [5.41, 5.74) is 0. The predicted molar refractivity (Wildman–Crippen MR) is 10.5 cm³/mol. The molecule has 0 atom stereocenters. The first-order valence-corrected chi connectivity index (χ1v) is 0. The van der Waals surface area contributed by atoms with E-state index in [1.165, 1.54) is 0 Å². The summed E-state index contributed by atoms with van der Waals surface area (Å²) in [6, 6.07) is 0. The van der Waals surface area contributed by atoms with Crippen molar-refractivity contribution in [2.45, 2.75) is 0 Å². The summed E-state index contributed by atoms with van der Waals surface area (Å²) >= 11 is 0. The van der Waals surface area contributed by atoms with Crippen LogP contribution in [0.1, 0.15) is 0 Å². The van der Waals surface area contributed by atoms with Gasteiger partial charge in [-0.3, -0.25) is 0 Å². The first-order chi connectivity index (χ1) is 0. The minimum atomic E-state index is 0. The Hall–Kier alpha value is 2.68. The Labute approximate surface area is 142 Å². The summed E-state index contributed by atoms with van der Waals surface area (Å²) in [6.07, 6.45) is 0. The van der Waals surface area contributed by atoms with E-state index >= 15 is 0 Å². The van der Waals surface area contributed by atoms with Crippen LogP contribution in [0.4, 0.5) is 0 Å². The third-order valence-corrected chi connectivity index (χ3v) is 0. The van der Waals surface area contributed by atoms with E-state index in [0.717, 1.165) is 0 Å². The molecule has 0 saturated heterocycles. The Bertz CT molecular complexity index is 19.8. The molecule has 8 nitrogen and oxygen atoms in total. The van der Waals surface area contributed by atoms with Crippen molar-refractivity contribution in [1.82, 2.24) is 0 Å². The molecular formula is H4Co3Ni3O8. The fraction of sp³-hybridized carbons (Fsp3) is 0. The van der Waals surface area contributed by atoms with E-state index in [2.05, 4.69) is 0 Å². The molecule has 0 fully saturated rings. The first-order valence-electron chi connectivity index (χ1n) is 0. The summed E-state index contributed by atoms with van der Waals surface area (Å²) in [5.74, 6) is 0. The van der Waals surface area contributed by atoms with Gasteiger partial charge in [-0.25, -0.2) is 0 Å². The maximum absolute atomic E-state index is 0. The SMILES string of the molecule is [Co+2].[Co+2].[Co+2].[Ni+2].[Ni+2].[Ni+2].[O-2].[O-2].[O-2].[O-2].[OH-].[OH-].[OH-].[OH-]. The Morgan fingerprint density at radius 3 is 0.286 bits per heavy atom. The van der Waals surface area contributed by atoms with Crippen molar-refractivity contribution in [2.75, 3.05) is 0 Å². The molecule has 0 unspecified atom stereocenters. The molecule has 0 aromatic heterocycles. The van der Waals surface area contributed by atoms with Crippen molar-refractivity contribution in [3.8, 4) is 0 Å². The summed E-state index contributed by atoms with van der Waals surface area (Å²) in [4.78, 5) is 0. The van der Waals surface area contributed by atoms with Gasteiger partial charge in [-0.1, -0.05) is 0 Å². The van der Waals surface area contributed by atoms with Crippen LogP contribution in [-0.4, -0.2) is 21.9 Å². The zero-order valence-corrected chi connectivity index (χ0v) is 11.5. The van der Waals surface area contributed by atoms with Crippen LogP contribution in [0.25, 0.3) is 0 Å². The van der Waals surface area contributed by atoms with Crippen LogP contribution >= 0.6 is 0 Å². The second-order valence-corrected chi connectivity index (χ2v) is 0. The fourth-order valence-corrected chi connectivity index (χ4v) is 0. The number of hydrogen-bond acceptors (Lipinski definition) is 4. The molecule has 0 rings (SSSR count). The molecule has 0 aromatic carbocycles. The van der Waals surface area contributed by atoms with Crippen molar-refractivity contribution in [3.63, 3.8) is 0 Å². The maximum atomic E-state index is 0. The Morgan fingerprint density at radius 1 is 0.286 bits per heavy atom. The molecule has 0 aliphatic rings. The van der Waals surface area contributed by atoms with Crippen LogP contribution in [-0.2, 0) is 122 Å². The van der Waals surface area contributed by atoms with Gasteiger partial charge < -0.3 is 43.8 Å². The van der Waals surface area contributed by atoms with E-state index in [1.807, 2.05) is 0 Å². The van der Waals surface area contributed by atoms with Gasteiger partial charge >= 0.3 is 99.8 Å². The number of rotatable bonds is 0. The Morgan fingerprint density at radius 2 is 0.286 bits per heavy atom. The maximum Gasteiger partial charge on any atom is 2.00 e. The average molecular weight is 485 g/mol. The molecular weight excluding hydrogens is 481 g/mol. The van der Waals surface area contributed by atoms with Gasteiger partial charge in [-0.15, -0.1) is 0 Å². The molecule has 0 spiro atoms. The molecule has 0 bridgehead atoms. The molecule has 4 N–H and O–H groups in total. The quantitative estimate of drug-likeness (QED) is 0.385. The molecule has 14 heteroatoms. The minimum Gasteiger partial charge on any atom is -2.00 e. The molecule has 0 heterocycles. The second kappa shape index (κ2) is 470. The van der Waals surface area contributed by atoms with Gasteiger partial charge in [0.25, 0.3) is 0 Å². The second-order valence-electron chi connectivity index (χ2n) is 0. The van der Waals surface area contributed by atoms with Crippen LogP contribution in [0.2, 0.25) is 0 Å². The van der Waals surface area contributed by atoms with Gasteiger partial charge in [0.1, 0.15) is 0 Å². The van der Waals surface area contributed by atoms with Crippen LogP contribution in [0.15, 0.2) is 0 Å². The van der Waals surface area contributed by atoms with Crippen LogP contribution < -0.4 is 0 Å². The predicted octanol–water partition coefficient (Wildman–Crippen LogP) is -1.20. The molecule has 0 saturated carbocycles.